The fraction of sp³-hybridized carbons (Fsp3) is 0.320. The van der Waals surface area contributed by atoms with E-state index in [1.807, 2.05) is 60.8 Å². The number of esters is 1. The molecule has 2 amide bonds. The zero-order chi connectivity index (χ0) is 23.8. The van der Waals surface area contributed by atoms with E-state index in [-0.39, 0.29) is 18.9 Å². The number of amides is 2. The van der Waals surface area contributed by atoms with Crippen molar-refractivity contribution >= 4 is 28.9 Å². The average Bonchev–Trinajstić information content (AvgIpc) is 3.23. The number of methoxy groups -OCH3 is 1. The molecule has 0 aliphatic heterocycles. The van der Waals surface area contributed by atoms with E-state index in [2.05, 4.69) is 15.6 Å². The minimum Gasteiger partial charge on any atom is -0.467 e. The minimum atomic E-state index is -0.912. The van der Waals surface area contributed by atoms with E-state index in [0.717, 1.165) is 22.0 Å². The molecule has 1 aromatic heterocycles. The fourth-order valence-corrected chi connectivity index (χ4v) is 3.54. The summed E-state index contributed by atoms with van der Waals surface area (Å²) in [6.45, 7) is 3.69. The second-order valence-corrected chi connectivity index (χ2v) is 8.08. The Kier molecular flexibility index (Phi) is 8.07. The fourth-order valence-electron chi connectivity index (χ4n) is 3.54. The molecule has 0 fully saturated rings. The molecule has 0 aliphatic rings. The molecule has 8 heteroatoms. The number of benzene rings is 2. The van der Waals surface area contributed by atoms with Crippen molar-refractivity contribution in [1.29, 1.82) is 0 Å². The maximum absolute atomic E-state index is 13.0. The molecule has 33 heavy (non-hydrogen) atoms. The summed E-state index contributed by atoms with van der Waals surface area (Å²) in [6, 6.07) is 15.1. The van der Waals surface area contributed by atoms with Crippen molar-refractivity contribution in [2.24, 2.45) is 5.92 Å². The number of rotatable bonds is 9. The van der Waals surface area contributed by atoms with Crippen molar-refractivity contribution in [2.45, 2.75) is 39.0 Å². The molecule has 3 rings (SSSR count). The number of alkyl carbamates (subject to hydrolysis) is 1. The minimum absolute atomic E-state index is 0.0878. The van der Waals surface area contributed by atoms with Crippen molar-refractivity contribution in [2.75, 3.05) is 7.11 Å². The van der Waals surface area contributed by atoms with Crippen molar-refractivity contribution < 1.29 is 23.9 Å². The molecule has 2 aromatic carbocycles. The van der Waals surface area contributed by atoms with E-state index in [4.69, 9.17) is 9.47 Å². The summed E-state index contributed by atoms with van der Waals surface area (Å²) in [6.07, 6.45) is 1.34. The molecular formula is C25H29N3O5. The number of aromatic amines is 1. The van der Waals surface area contributed by atoms with Crippen LogP contribution in [0.15, 0.2) is 60.8 Å². The van der Waals surface area contributed by atoms with Crippen LogP contribution in [0, 0.1) is 5.92 Å². The van der Waals surface area contributed by atoms with Gasteiger partial charge >= 0.3 is 12.1 Å². The lowest BCUT2D eigenvalue weighted by atomic mass is 10.0. The molecule has 0 saturated heterocycles. The van der Waals surface area contributed by atoms with Gasteiger partial charge in [-0.3, -0.25) is 4.79 Å². The Morgan fingerprint density at radius 2 is 1.67 bits per heavy atom. The highest BCUT2D eigenvalue weighted by atomic mass is 16.5. The van der Waals surface area contributed by atoms with Gasteiger partial charge < -0.3 is 25.1 Å². The van der Waals surface area contributed by atoms with Gasteiger partial charge in [-0.15, -0.1) is 0 Å². The summed E-state index contributed by atoms with van der Waals surface area (Å²) in [4.78, 5) is 40.9. The number of ether oxygens (including phenoxy) is 2. The summed E-state index contributed by atoms with van der Waals surface area (Å²) < 4.78 is 10.1. The number of hydrogen-bond donors (Lipinski definition) is 3. The van der Waals surface area contributed by atoms with E-state index >= 15 is 0 Å². The Bertz CT molecular complexity index is 1090. The summed E-state index contributed by atoms with van der Waals surface area (Å²) in [5, 5.41) is 6.30. The number of H-pyrrole nitrogens is 1. The topological polar surface area (TPSA) is 110 Å². The third kappa shape index (κ3) is 6.35. The van der Waals surface area contributed by atoms with Crippen LogP contribution >= 0.6 is 0 Å². The van der Waals surface area contributed by atoms with Crippen molar-refractivity contribution in [3.05, 3.63) is 71.9 Å². The Labute approximate surface area is 192 Å². The van der Waals surface area contributed by atoms with Crippen LogP contribution < -0.4 is 10.6 Å². The predicted octanol–water partition coefficient (Wildman–Crippen LogP) is 3.32. The molecule has 3 aromatic rings. The standard InChI is InChI=1S/C25H29N3O5/c1-16(2)22(28-25(31)33-15-17-9-5-4-6-10-17)23(29)27-21(24(30)32-3)13-18-14-26-20-12-8-7-11-19(18)20/h4-12,14,16,21-22,26H,13,15H2,1-3H3,(H,27,29)(H,28,31)/t21-,22-/m1/s1. The third-order valence-electron chi connectivity index (χ3n) is 5.34. The number of carbonyl (C=O) groups excluding carboxylic acids is 3. The predicted molar refractivity (Wildman–Crippen MR) is 124 cm³/mol. The second-order valence-electron chi connectivity index (χ2n) is 8.08. The first-order chi connectivity index (χ1) is 15.9. The average molecular weight is 452 g/mol. The Hall–Kier alpha value is -3.81. The van der Waals surface area contributed by atoms with Gasteiger partial charge in [0, 0.05) is 23.5 Å². The molecular weight excluding hydrogens is 422 g/mol. The maximum Gasteiger partial charge on any atom is 0.408 e. The van der Waals surface area contributed by atoms with Gasteiger partial charge in [-0.2, -0.15) is 0 Å². The third-order valence-corrected chi connectivity index (χ3v) is 5.34. The van der Waals surface area contributed by atoms with Crippen LogP contribution in [0.2, 0.25) is 0 Å². The zero-order valence-corrected chi connectivity index (χ0v) is 19.0. The number of fused-ring (bicyclic) bond motifs is 1. The van der Waals surface area contributed by atoms with Crippen LogP contribution in [0.25, 0.3) is 10.9 Å². The second kappa shape index (κ2) is 11.2. The Morgan fingerprint density at radius 1 is 0.970 bits per heavy atom. The molecule has 0 unspecified atom stereocenters. The quantitative estimate of drug-likeness (QED) is 0.433. The van der Waals surface area contributed by atoms with Crippen molar-refractivity contribution in [3.63, 3.8) is 0 Å². The van der Waals surface area contributed by atoms with Gasteiger partial charge in [0.1, 0.15) is 18.7 Å². The first kappa shape index (κ1) is 23.8. The van der Waals surface area contributed by atoms with E-state index in [1.165, 1.54) is 7.11 Å². The number of aromatic nitrogens is 1. The van der Waals surface area contributed by atoms with Gasteiger partial charge in [0.15, 0.2) is 0 Å². The first-order valence-electron chi connectivity index (χ1n) is 10.8. The molecule has 8 nitrogen and oxygen atoms in total. The lowest BCUT2D eigenvalue weighted by molar-refractivity contribution is -0.145. The molecule has 0 bridgehead atoms. The van der Waals surface area contributed by atoms with Crippen LogP contribution in [0.5, 0.6) is 0 Å². The highest BCUT2D eigenvalue weighted by Gasteiger charge is 2.30. The molecule has 0 radical (unpaired) electrons. The van der Waals surface area contributed by atoms with E-state index in [9.17, 15) is 14.4 Å². The Morgan fingerprint density at radius 3 is 2.36 bits per heavy atom. The number of carbonyl (C=O) groups is 3. The van der Waals surface area contributed by atoms with E-state index in [1.54, 1.807) is 13.8 Å². The van der Waals surface area contributed by atoms with Crippen LogP contribution in [-0.4, -0.2) is 42.1 Å². The molecule has 3 N–H and O–H groups in total. The van der Waals surface area contributed by atoms with Gasteiger partial charge in [-0.05, 0) is 23.1 Å². The van der Waals surface area contributed by atoms with Crippen LogP contribution in [0.1, 0.15) is 25.0 Å². The molecule has 174 valence electrons. The van der Waals surface area contributed by atoms with Crippen LogP contribution in [-0.2, 0) is 32.1 Å². The van der Waals surface area contributed by atoms with Crippen LogP contribution in [0.3, 0.4) is 0 Å². The van der Waals surface area contributed by atoms with Crippen molar-refractivity contribution in [1.82, 2.24) is 15.6 Å². The lowest BCUT2D eigenvalue weighted by Gasteiger charge is -2.24. The van der Waals surface area contributed by atoms with Gasteiger partial charge in [0.25, 0.3) is 0 Å². The van der Waals surface area contributed by atoms with Gasteiger partial charge in [-0.25, -0.2) is 9.59 Å². The molecule has 2 atom stereocenters. The largest absolute Gasteiger partial charge is 0.467 e. The summed E-state index contributed by atoms with van der Waals surface area (Å²) in [7, 11) is 1.27. The smallest absolute Gasteiger partial charge is 0.408 e. The van der Waals surface area contributed by atoms with E-state index < -0.39 is 30.1 Å². The number of nitrogens with one attached hydrogen (secondary N) is 3. The molecule has 0 aliphatic carbocycles. The van der Waals surface area contributed by atoms with Crippen LogP contribution in [0.4, 0.5) is 4.79 Å². The summed E-state index contributed by atoms with van der Waals surface area (Å²) in [5.74, 6) is -1.29. The molecule has 1 heterocycles. The van der Waals surface area contributed by atoms with Gasteiger partial charge in [0.05, 0.1) is 7.11 Å². The van der Waals surface area contributed by atoms with Crippen molar-refractivity contribution in [3.8, 4) is 0 Å². The zero-order valence-electron chi connectivity index (χ0n) is 19.0. The first-order valence-corrected chi connectivity index (χ1v) is 10.8. The summed E-state index contributed by atoms with van der Waals surface area (Å²) in [5.41, 5.74) is 2.64. The lowest BCUT2D eigenvalue weighted by Crippen LogP contribution is -2.54. The number of para-hydroxylation sites is 1. The van der Waals surface area contributed by atoms with Gasteiger partial charge in [-0.1, -0.05) is 62.4 Å². The normalized spacial score (nSPS) is 12.7. The molecule has 0 spiro atoms. The maximum atomic E-state index is 13.0. The molecule has 0 saturated carbocycles. The number of hydrogen-bond acceptors (Lipinski definition) is 5. The SMILES string of the molecule is COC(=O)[C@@H](Cc1c[nH]c2ccccc12)NC(=O)[C@H](NC(=O)OCc1ccccc1)C(C)C. The summed E-state index contributed by atoms with van der Waals surface area (Å²) >= 11 is 0. The monoisotopic (exact) mass is 451 g/mol. The van der Waals surface area contributed by atoms with E-state index in [0.29, 0.717) is 0 Å². The highest BCUT2D eigenvalue weighted by molar-refractivity contribution is 5.90. The van der Waals surface area contributed by atoms with Gasteiger partial charge in [0.2, 0.25) is 5.91 Å². The highest BCUT2D eigenvalue weighted by Crippen LogP contribution is 2.19. The Balaban J connectivity index is 1.66.